The first kappa shape index (κ1) is 13.8. The van der Waals surface area contributed by atoms with Crippen molar-refractivity contribution < 1.29 is 0 Å². The van der Waals surface area contributed by atoms with Gasteiger partial charge in [0.25, 0.3) is 0 Å². The minimum absolute atomic E-state index is 0.650. The summed E-state index contributed by atoms with van der Waals surface area (Å²) >= 11 is 3.40. The second-order valence-electron chi connectivity index (χ2n) is 4.82. The maximum atomic E-state index is 8.96. The van der Waals surface area contributed by atoms with Crippen LogP contribution in [-0.4, -0.2) is 36.1 Å². The number of halogens is 1. The fourth-order valence-corrected chi connectivity index (χ4v) is 2.62. The molecule has 2 aromatic heterocycles. The molecular formula is C15H14BrN5. The van der Waals surface area contributed by atoms with Crippen LogP contribution in [-0.2, 0) is 0 Å². The third kappa shape index (κ3) is 3.14. The Morgan fingerprint density at radius 3 is 2.33 bits per heavy atom. The van der Waals surface area contributed by atoms with Gasteiger partial charge in [0, 0.05) is 43.0 Å². The number of hydrogen-bond acceptors (Lipinski definition) is 5. The monoisotopic (exact) mass is 343 g/mol. The number of rotatable bonds is 2. The average Bonchev–Trinajstić information content (AvgIpc) is 2.56. The minimum atomic E-state index is 0.650. The molecule has 0 N–H and O–H groups in total. The molecule has 6 heteroatoms. The van der Waals surface area contributed by atoms with Crippen LogP contribution in [0.5, 0.6) is 0 Å². The first-order chi connectivity index (χ1) is 10.3. The fraction of sp³-hybridized carbons (Fsp3) is 0.267. The van der Waals surface area contributed by atoms with E-state index in [9.17, 15) is 0 Å². The molecule has 3 rings (SSSR count). The summed E-state index contributed by atoms with van der Waals surface area (Å²) in [4.78, 5) is 13.2. The molecule has 2 aromatic rings. The van der Waals surface area contributed by atoms with Gasteiger partial charge in [0.05, 0.1) is 11.6 Å². The summed E-state index contributed by atoms with van der Waals surface area (Å²) in [5, 5.41) is 8.96. The second-order valence-corrected chi connectivity index (χ2v) is 5.74. The van der Waals surface area contributed by atoms with Gasteiger partial charge in [0.2, 0.25) is 0 Å². The highest BCUT2D eigenvalue weighted by atomic mass is 79.9. The first-order valence-corrected chi connectivity index (χ1v) is 7.53. The van der Waals surface area contributed by atoms with Gasteiger partial charge in [-0.1, -0.05) is 0 Å². The summed E-state index contributed by atoms with van der Waals surface area (Å²) in [6, 6.07) is 9.75. The van der Waals surface area contributed by atoms with Gasteiger partial charge >= 0.3 is 0 Å². The zero-order valence-corrected chi connectivity index (χ0v) is 13.0. The van der Waals surface area contributed by atoms with Crippen LogP contribution in [0.15, 0.2) is 41.1 Å². The summed E-state index contributed by atoms with van der Waals surface area (Å²) < 4.78 is 0.988. The lowest BCUT2D eigenvalue weighted by molar-refractivity contribution is 0.641. The number of hydrogen-bond donors (Lipinski definition) is 0. The van der Waals surface area contributed by atoms with E-state index in [2.05, 4.69) is 41.8 Å². The summed E-state index contributed by atoms with van der Waals surface area (Å²) in [5.74, 6) is 1.87. The molecule has 3 heterocycles. The lowest BCUT2D eigenvalue weighted by Gasteiger charge is -2.36. The molecule has 5 nitrogen and oxygen atoms in total. The molecule has 0 aliphatic carbocycles. The van der Waals surface area contributed by atoms with Crippen molar-refractivity contribution in [2.75, 3.05) is 36.0 Å². The predicted octanol–water partition coefficient (Wildman–Crippen LogP) is 2.44. The van der Waals surface area contributed by atoms with E-state index >= 15 is 0 Å². The van der Waals surface area contributed by atoms with Crippen molar-refractivity contribution in [3.63, 3.8) is 0 Å². The molecule has 0 radical (unpaired) electrons. The van der Waals surface area contributed by atoms with Crippen LogP contribution < -0.4 is 9.80 Å². The van der Waals surface area contributed by atoms with Gasteiger partial charge in [-0.3, -0.25) is 0 Å². The van der Waals surface area contributed by atoms with E-state index in [1.54, 1.807) is 12.3 Å². The van der Waals surface area contributed by atoms with Gasteiger partial charge in [0.15, 0.2) is 0 Å². The van der Waals surface area contributed by atoms with Gasteiger partial charge in [0.1, 0.15) is 11.6 Å². The Hall–Kier alpha value is -2.13. The predicted molar refractivity (Wildman–Crippen MR) is 85.3 cm³/mol. The highest BCUT2D eigenvalue weighted by Crippen LogP contribution is 2.19. The van der Waals surface area contributed by atoms with Gasteiger partial charge in [-0.2, -0.15) is 5.26 Å². The molecule has 1 saturated heterocycles. The zero-order valence-electron chi connectivity index (χ0n) is 11.4. The number of pyridine rings is 2. The highest BCUT2D eigenvalue weighted by molar-refractivity contribution is 9.10. The Kier molecular flexibility index (Phi) is 4.02. The van der Waals surface area contributed by atoms with Gasteiger partial charge < -0.3 is 9.80 Å². The van der Waals surface area contributed by atoms with E-state index in [0.29, 0.717) is 5.56 Å². The molecule has 0 amide bonds. The number of anilines is 2. The van der Waals surface area contributed by atoms with Gasteiger partial charge in [-0.25, -0.2) is 9.97 Å². The Morgan fingerprint density at radius 2 is 1.71 bits per heavy atom. The largest absolute Gasteiger partial charge is 0.353 e. The fourth-order valence-electron chi connectivity index (χ4n) is 2.38. The van der Waals surface area contributed by atoms with Crippen molar-refractivity contribution in [1.82, 2.24) is 9.97 Å². The molecule has 0 bridgehead atoms. The molecule has 0 spiro atoms. The first-order valence-electron chi connectivity index (χ1n) is 6.74. The third-order valence-corrected chi connectivity index (χ3v) is 3.98. The summed E-state index contributed by atoms with van der Waals surface area (Å²) in [6.07, 6.45) is 3.51. The normalized spacial score (nSPS) is 14.9. The minimum Gasteiger partial charge on any atom is -0.353 e. The van der Waals surface area contributed by atoms with Crippen LogP contribution in [0.3, 0.4) is 0 Å². The second kappa shape index (κ2) is 6.10. The van der Waals surface area contributed by atoms with Crippen LogP contribution >= 0.6 is 15.9 Å². The Morgan fingerprint density at radius 1 is 1.00 bits per heavy atom. The quantitative estimate of drug-likeness (QED) is 0.838. The SMILES string of the molecule is N#Cc1ccnc(N2CCN(c3ccc(Br)cn3)CC2)c1. The maximum absolute atomic E-state index is 8.96. The van der Waals surface area contributed by atoms with Crippen molar-refractivity contribution in [2.24, 2.45) is 0 Å². The van der Waals surface area contributed by atoms with Crippen LogP contribution in [0, 0.1) is 11.3 Å². The van der Waals surface area contributed by atoms with E-state index in [1.165, 1.54) is 0 Å². The van der Waals surface area contributed by atoms with Crippen molar-refractivity contribution in [2.45, 2.75) is 0 Å². The molecule has 0 unspecified atom stereocenters. The Bertz CT molecular complexity index is 657. The number of aromatic nitrogens is 2. The van der Waals surface area contributed by atoms with E-state index in [4.69, 9.17) is 5.26 Å². The van der Waals surface area contributed by atoms with E-state index in [1.807, 2.05) is 24.4 Å². The maximum Gasteiger partial charge on any atom is 0.129 e. The summed E-state index contributed by atoms with van der Waals surface area (Å²) in [6.45, 7) is 3.54. The van der Waals surface area contributed by atoms with E-state index in [-0.39, 0.29) is 0 Å². The van der Waals surface area contributed by atoms with Crippen LogP contribution in [0.2, 0.25) is 0 Å². The van der Waals surface area contributed by atoms with Crippen molar-refractivity contribution in [3.8, 4) is 6.07 Å². The average molecular weight is 344 g/mol. The zero-order chi connectivity index (χ0) is 14.7. The number of piperazine rings is 1. The number of nitriles is 1. The molecule has 0 saturated carbocycles. The Balaban J connectivity index is 1.67. The third-order valence-electron chi connectivity index (χ3n) is 3.51. The number of nitrogens with zero attached hydrogens (tertiary/aromatic N) is 5. The Labute approximate surface area is 132 Å². The highest BCUT2D eigenvalue weighted by Gasteiger charge is 2.19. The van der Waals surface area contributed by atoms with E-state index in [0.717, 1.165) is 42.3 Å². The topological polar surface area (TPSA) is 56.1 Å². The summed E-state index contributed by atoms with van der Waals surface area (Å²) in [7, 11) is 0. The lowest BCUT2D eigenvalue weighted by atomic mass is 10.2. The molecule has 1 fully saturated rings. The van der Waals surface area contributed by atoms with E-state index < -0.39 is 0 Å². The van der Waals surface area contributed by atoms with Gasteiger partial charge in [-0.15, -0.1) is 0 Å². The van der Waals surface area contributed by atoms with Crippen LogP contribution in [0.4, 0.5) is 11.6 Å². The molecule has 21 heavy (non-hydrogen) atoms. The lowest BCUT2D eigenvalue weighted by Crippen LogP contribution is -2.47. The van der Waals surface area contributed by atoms with Crippen LogP contribution in [0.25, 0.3) is 0 Å². The molecule has 1 aliphatic heterocycles. The molecule has 106 valence electrons. The van der Waals surface area contributed by atoms with Gasteiger partial charge in [-0.05, 0) is 40.2 Å². The standard InChI is InChI=1S/C15H14BrN5/c16-13-1-2-14(19-11-13)20-5-7-21(8-6-20)15-9-12(10-17)3-4-18-15/h1-4,9,11H,5-8H2. The van der Waals surface area contributed by atoms with Crippen molar-refractivity contribution in [3.05, 3.63) is 46.7 Å². The van der Waals surface area contributed by atoms with Crippen molar-refractivity contribution >= 4 is 27.6 Å². The molecular weight excluding hydrogens is 330 g/mol. The van der Waals surface area contributed by atoms with Crippen molar-refractivity contribution in [1.29, 1.82) is 5.26 Å². The molecule has 0 aromatic carbocycles. The van der Waals surface area contributed by atoms with Crippen LogP contribution in [0.1, 0.15) is 5.56 Å². The molecule has 0 atom stereocenters. The summed E-state index contributed by atoms with van der Waals surface area (Å²) in [5.41, 5.74) is 0.650. The molecule has 1 aliphatic rings. The smallest absolute Gasteiger partial charge is 0.129 e.